The van der Waals surface area contributed by atoms with E-state index in [9.17, 15) is 9.59 Å². The van der Waals surface area contributed by atoms with Crippen LogP contribution in [0.25, 0.3) is 0 Å². The second kappa shape index (κ2) is 8.28. The second-order valence-electron chi connectivity index (χ2n) is 4.92. The van der Waals surface area contributed by atoms with Gasteiger partial charge in [0, 0.05) is 20.6 Å². The summed E-state index contributed by atoms with van der Waals surface area (Å²) in [5, 5.41) is 0. The highest BCUT2D eigenvalue weighted by Gasteiger charge is 2.19. The number of carbonyl (C=O) groups is 2. The molecule has 1 heterocycles. The molecule has 0 aliphatic heterocycles. The number of urea groups is 1. The van der Waals surface area contributed by atoms with E-state index < -0.39 is 5.97 Å². The number of rotatable bonds is 7. The van der Waals surface area contributed by atoms with Gasteiger partial charge >= 0.3 is 12.0 Å². The van der Waals surface area contributed by atoms with Crippen molar-refractivity contribution in [2.24, 2.45) is 0 Å². The first kappa shape index (κ1) is 17.0. The SMILES string of the molecule is CCCCCN(Cc1nc(C(=O)OC)co1)C(=O)N(C)C. The van der Waals surface area contributed by atoms with Gasteiger partial charge in [0.2, 0.25) is 5.89 Å². The van der Waals surface area contributed by atoms with Gasteiger partial charge in [-0.05, 0) is 6.42 Å². The number of hydrogen-bond acceptors (Lipinski definition) is 5. The Kier molecular flexibility index (Phi) is 6.71. The average molecular weight is 297 g/mol. The van der Waals surface area contributed by atoms with E-state index in [1.807, 2.05) is 0 Å². The molecular weight excluding hydrogens is 274 g/mol. The van der Waals surface area contributed by atoms with E-state index in [1.54, 1.807) is 19.0 Å². The highest BCUT2D eigenvalue weighted by atomic mass is 16.5. The van der Waals surface area contributed by atoms with Crippen LogP contribution in [0.15, 0.2) is 10.7 Å². The van der Waals surface area contributed by atoms with Crippen molar-refractivity contribution < 1.29 is 18.7 Å². The molecule has 0 fully saturated rings. The van der Waals surface area contributed by atoms with Crippen molar-refractivity contribution in [1.82, 2.24) is 14.8 Å². The van der Waals surface area contributed by atoms with Crippen molar-refractivity contribution in [3.05, 3.63) is 17.8 Å². The van der Waals surface area contributed by atoms with Crippen LogP contribution in [0.4, 0.5) is 4.79 Å². The summed E-state index contributed by atoms with van der Waals surface area (Å²) in [6, 6.07) is -0.107. The van der Waals surface area contributed by atoms with Gasteiger partial charge in [0.25, 0.3) is 0 Å². The number of oxazole rings is 1. The van der Waals surface area contributed by atoms with Crippen LogP contribution in [0.5, 0.6) is 0 Å². The summed E-state index contributed by atoms with van der Waals surface area (Å²) in [5.41, 5.74) is 0.110. The zero-order valence-corrected chi connectivity index (χ0v) is 13.1. The third-order valence-corrected chi connectivity index (χ3v) is 2.96. The topological polar surface area (TPSA) is 75.9 Å². The van der Waals surface area contributed by atoms with Gasteiger partial charge in [-0.3, -0.25) is 0 Å². The standard InChI is InChI=1S/C14H23N3O4/c1-5-6-7-8-17(14(19)16(2)3)9-12-15-11(10-21-12)13(18)20-4/h10H,5-9H2,1-4H3. The predicted octanol–water partition coefficient (Wildman–Crippen LogP) is 2.13. The van der Waals surface area contributed by atoms with E-state index in [2.05, 4.69) is 16.6 Å². The number of nitrogens with zero attached hydrogens (tertiary/aromatic N) is 3. The molecule has 0 radical (unpaired) electrons. The fourth-order valence-electron chi connectivity index (χ4n) is 1.82. The van der Waals surface area contributed by atoms with Crippen molar-refractivity contribution in [1.29, 1.82) is 0 Å². The summed E-state index contributed by atoms with van der Waals surface area (Å²) >= 11 is 0. The van der Waals surface area contributed by atoms with Gasteiger partial charge in [0.05, 0.1) is 13.7 Å². The van der Waals surface area contributed by atoms with E-state index in [0.29, 0.717) is 12.4 Å². The van der Waals surface area contributed by atoms with Gasteiger partial charge in [0.1, 0.15) is 6.26 Å². The number of amides is 2. The fraction of sp³-hybridized carbons (Fsp3) is 0.643. The zero-order valence-electron chi connectivity index (χ0n) is 13.1. The molecule has 0 spiro atoms. The zero-order chi connectivity index (χ0) is 15.8. The lowest BCUT2D eigenvalue weighted by Gasteiger charge is -2.24. The maximum Gasteiger partial charge on any atom is 0.360 e. The Balaban J connectivity index is 2.73. The number of aromatic nitrogens is 1. The van der Waals surface area contributed by atoms with Crippen LogP contribution in [0.1, 0.15) is 42.6 Å². The summed E-state index contributed by atoms with van der Waals surface area (Å²) in [5.74, 6) is -0.233. The Morgan fingerprint density at radius 2 is 2.05 bits per heavy atom. The van der Waals surface area contributed by atoms with Gasteiger partial charge in [-0.1, -0.05) is 19.8 Å². The highest BCUT2D eigenvalue weighted by Crippen LogP contribution is 2.10. The van der Waals surface area contributed by atoms with Gasteiger partial charge < -0.3 is 19.0 Å². The van der Waals surface area contributed by atoms with Crippen LogP contribution in [-0.2, 0) is 11.3 Å². The number of hydrogen-bond donors (Lipinski definition) is 0. The monoisotopic (exact) mass is 297 g/mol. The van der Waals surface area contributed by atoms with E-state index in [-0.39, 0.29) is 18.3 Å². The first-order chi connectivity index (χ1) is 9.99. The normalized spacial score (nSPS) is 10.3. The third-order valence-electron chi connectivity index (χ3n) is 2.96. The molecule has 1 rings (SSSR count). The summed E-state index contributed by atoms with van der Waals surface area (Å²) in [6.45, 7) is 2.97. The van der Waals surface area contributed by atoms with Gasteiger partial charge in [-0.25, -0.2) is 14.6 Å². The van der Waals surface area contributed by atoms with Crippen molar-refractivity contribution >= 4 is 12.0 Å². The van der Waals surface area contributed by atoms with Crippen LogP contribution in [0.3, 0.4) is 0 Å². The smallest absolute Gasteiger partial charge is 0.360 e. The van der Waals surface area contributed by atoms with E-state index in [1.165, 1.54) is 18.3 Å². The molecule has 1 aromatic rings. The lowest BCUT2D eigenvalue weighted by Crippen LogP contribution is -2.39. The maximum atomic E-state index is 12.1. The van der Waals surface area contributed by atoms with Crippen LogP contribution in [0.2, 0.25) is 0 Å². The molecule has 0 saturated carbocycles. The van der Waals surface area contributed by atoms with Gasteiger partial charge in [-0.15, -0.1) is 0 Å². The maximum absolute atomic E-state index is 12.1. The van der Waals surface area contributed by atoms with Crippen molar-refractivity contribution in [3.63, 3.8) is 0 Å². The van der Waals surface area contributed by atoms with E-state index in [4.69, 9.17) is 4.42 Å². The Morgan fingerprint density at radius 3 is 2.62 bits per heavy atom. The van der Waals surface area contributed by atoms with Crippen molar-refractivity contribution in [2.45, 2.75) is 32.7 Å². The van der Waals surface area contributed by atoms with Crippen molar-refractivity contribution in [3.8, 4) is 0 Å². The summed E-state index contributed by atoms with van der Waals surface area (Å²) in [4.78, 5) is 30.7. The quantitative estimate of drug-likeness (QED) is 0.569. The molecule has 0 aliphatic rings. The average Bonchev–Trinajstić information content (AvgIpc) is 2.93. The molecular formula is C14H23N3O4. The molecule has 7 nitrogen and oxygen atoms in total. The minimum Gasteiger partial charge on any atom is -0.464 e. The summed E-state index contributed by atoms with van der Waals surface area (Å²) < 4.78 is 9.80. The fourth-order valence-corrected chi connectivity index (χ4v) is 1.82. The molecule has 118 valence electrons. The molecule has 0 atom stereocenters. The predicted molar refractivity (Wildman–Crippen MR) is 76.9 cm³/mol. The Bertz CT molecular complexity index is 471. The van der Waals surface area contributed by atoms with Crippen LogP contribution < -0.4 is 0 Å². The minimum atomic E-state index is -0.554. The van der Waals surface area contributed by atoms with Gasteiger partial charge in [0.15, 0.2) is 5.69 Å². The first-order valence-corrected chi connectivity index (χ1v) is 6.98. The van der Waals surface area contributed by atoms with Crippen molar-refractivity contribution in [2.75, 3.05) is 27.7 Å². The molecule has 0 N–H and O–H groups in total. The Hall–Kier alpha value is -2.05. The minimum absolute atomic E-state index is 0.107. The molecule has 21 heavy (non-hydrogen) atoms. The number of ether oxygens (including phenoxy) is 1. The number of carbonyl (C=O) groups excluding carboxylic acids is 2. The number of esters is 1. The van der Waals surface area contributed by atoms with Crippen LogP contribution in [0, 0.1) is 0 Å². The first-order valence-electron chi connectivity index (χ1n) is 6.98. The molecule has 1 aromatic heterocycles. The second-order valence-corrected chi connectivity index (χ2v) is 4.92. The Labute approximate surface area is 124 Å². The molecule has 0 saturated heterocycles. The molecule has 7 heteroatoms. The molecule has 0 bridgehead atoms. The summed E-state index contributed by atoms with van der Waals surface area (Å²) in [6.07, 6.45) is 4.29. The van der Waals surface area contributed by atoms with Crippen LogP contribution in [-0.4, -0.2) is 54.5 Å². The van der Waals surface area contributed by atoms with Crippen LogP contribution >= 0.6 is 0 Å². The lowest BCUT2D eigenvalue weighted by atomic mass is 10.2. The molecule has 0 aromatic carbocycles. The Morgan fingerprint density at radius 1 is 1.33 bits per heavy atom. The van der Waals surface area contributed by atoms with E-state index in [0.717, 1.165) is 19.3 Å². The highest BCUT2D eigenvalue weighted by molar-refractivity contribution is 5.86. The number of methoxy groups -OCH3 is 1. The molecule has 0 aliphatic carbocycles. The number of unbranched alkanes of at least 4 members (excludes halogenated alkanes) is 2. The molecule has 0 unspecified atom stereocenters. The van der Waals surface area contributed by atoms with Gasteiger partial charge in [-0.2, -0.15) is 0 Å². The largest absolute Gasteiger partial charge is 0.464 e. The molecule has 2 amide bonds. The van der Waals surface area contributed by atoms with E-state index >= 15 is 0 Å². The third kappa shape index (κ3) is 5.09. The summed E-state index contributed by atoms with van der Waals surface area (Å²) in [7, 11) is 4.68. The lowest BCUT2D eigenvalue weighted by molar-refractivity contribution is 0.0594.